The van der Waals surface area contributed by atoms with E-state index in [0.717, 1.165) is 19.1 Å². The van der Waals surface area contributed by atoms with Gasteiger partial charge in [0.2, 0.25) is 5.89 Å². The van der Waals surface area contributed by atoms with Crippen molar-refractivity contribution >= 4 is 9.84 Å². The lowest BCUT2D eigenvalue weighted by Crippen LogP contribution is -2.23. The van der Waals surface area contributed by atoms with Crippen LogP contribution in [0.3, 0.4) is 0 Å². The molecule has 2 rings (SSSR count). The molecule has 1 unspecified atom stereocenters. The summed E-state index contributed by atoms with van der Waals surface area (Å²) in [5, 5.41) is 3.67. The average Bonchev–Trinajstić information content (AvgIpc) is 2.75. The zero-order valence-electron chi connectivity index (χ0n) is 10.5. The van der Waals surface area contributed by atoms with Crippen LogP contribution in [0.15, 0.2) is 4.52 Å². The molecule has 0 aliphatic heterocycles. The molecule has 0 aromatic carbocycles. The minimum Gasteiger partial charge on any atom is -0.338 e. The zero-order valence-corrected chi connectivity index (χ0v) is 11.3. The number of hydrogen-bond acceptors (Lipinski definition) is 6. The summed E-state index contributed by atoms with van der Waals surface area (Å²) in [5.74, 6) is 0.720. The highest BCUT2D eigenvalue weighted by Crippen LogP contribution is 2.32. The maximum atomic E-state index is 11.1. The molecule has 0 saturated heterocycles. The van der Waals surface area contributed by atoms with Gasteiger partial charge >= 0.3 is 0 Å². The first kappa shape index (κ1) is 13.5. The third-order valence-corrected chi connectivity index (χ3v) is 4.10. The molecule has 1 saturated carbocycles. The van der Waals surface area contributed by atoms with Crippen molar-refractivity contribution in [3.63, 3.8) is 0 Å². The standard InChI is InChI=1S/C11H19N3O3S/c1-18(15,16)7-9-13-11(17-14-9)10(12)8-5-3-2-4-6-8/h8,10H,2-7,12H2,1H3. The largest absolute Gasteiger partial charge is 0.338 e. The number of rotatable bonds is 4. The third kappa shape index (κ3) is 3.52. The first-order valence-electron chi connectivity index (χ1n) is 6.21. The second-order valence-electron chi connectivity index (χ2n) is 5.04. The van der Waals surface area contributed by atoms with Gasteiger partial charge in [0.25, 0.3) is 0 Å². The van der Waals surface area contributed by atoms with E-state index in [4.69, 9.17) is 10.3 Å². The summed E-state index contributed by atoms with van der Waals surface area (Å²) < 4.78 is 27.3. The molecule has 0 amide bonds. The summed E-state index contributed by atoms with van der Waals surface area (Å²) >= 11 is 0. The molecule has 18 heavy (non-hydrogen) atoms. The van der Waals surface area contributed by atoms with E-state index in [1.54, 1.807) is 0 Å². The molecule has 2 N–H and O–H groups in total. The summed E-state index contributed by atoms with van der Waals surface area (Å²) in [6.07, 6.45) is 6.91. The Bertz CT molecular complexity index is 491. The predicted molar refractivity (Wildman–Crippen MR) is 66.3 cm³/mol. The second kappa shape index (κ2) is 5.36. The highest BCUT2D eigenvalue weighted by Gasteiger charge is 2.26. The van der Waals surface area contributed by atoms with Crippen LogP contribution in [0, 0.1) is 5.92 Å². The summed E-state index contributed by atoms with van der Waals surface area (Å²) in [6, 6.07) is -0.272. The van der Waals surface area contributed by atoms with Gasteiger partial charge in [0.1, 0.15) is 5.75 Å². The Morgan fingerprint density at radius 2 is 2.06 bits per heavy atom. The maximum absolute atomic E-state index is 11.1. The molecule has 1 aromatic rings. The van der Waals surface area contributed by atoms with Crippen LogP contribution in [-0.2, 0) is 15.6 Å². The summed E-state index contributed by atoms with van der Waals surface area (Å²) in [4.78, 5) is 4.09. The number of sulfone groups is 1. The molecule has 0 spiro atoms. The molecule has 1 aliphatic carbocycles. The average molecular weight is 273 g/mol. The topological polar surface area (TPSA) is 99.1 Å². The van der Waals surface area contributed by atoms with E-state index in [9.17, 15) is 8.42 Å². The molecule has 6 nitrogen and oxygen atoms in total. The van der Waals surface area contributed by atoms with Crippen LogP contribution in [0.1, 0.15) is 49.9 Å². The number of nitrogens with zero attached hydrogens (tertiary/aromatic N) is 2. The fourth-order valence-corrected chi connectivity index (χ4v) is 2.98. The SMILES string of the molecule is CS(=O)(=O)Cc1noc(C(N)C2CCCCC2)n1. The van der Waals surface area contributed by atoms with Crippen LogP contribution in [0.2, 0.25) is 0 Å². The first-order chi connectivity index (χ1) is 8.46. The predicted octanol–water partition coefficient (Wildman–Crippen LogP) is 1.19. The van der Waals surface area contributed by atoms with Crippen LogP contribution in [0.5, 0.6) is 0 Å². The molecule has 1 aliphatic rings. The number of hydrogen-bond donors (Lipinski definition) is 1. The molecule has 0 bridgehead atoms. The van der Waals surface area contributed by atoms with Crippen molar-refractivity contribution < 1.29 is 12.9 Å². The maximum Gasteiger partial charge on any atom is 0.243 e. The smallest absolute Gasteiger partial charge is 0.243 e. The minimum atomic E-state index is -3.14. The van der Waals surface area contributed by atoms with Gasteiger partial charge in [-0.15, -0.1) is 0 Å². The molecule has 0 radical (unpaired) electrons. The minimum absolute atomic E-state index is 0.193. The number of aromatic nitrogens is 2. The molecule has 1 fully saturated rings. The lowest BCUT2D eigenvalue weighted by molar-refractivity contribution is 0.255. The second-order valence-corrected chi connectivity index (χ2v) is 7.18. The molecule has 102 valence electrons. The Labute approximate surface area is 107 Å². The molecule has 1 atom stereocenters. The van der Waals surface area contributed by atoms with Gasteiger partial charge in [-0.1, -0.05) is 24.4 Å². The third-order valence-electron chi connectivity index (χ3n) is 3.32. The van der Waals surface area contributed by atoms with E-state index in [1.165, 1.54) is 19.3 Å². The van der Waals surface area contributed by atoms with Crippen LogP contribution >= 0.6 is 0 Å². The van der Waals surface area contributed by atoms with E-state index in [-0.39, 0.29) is 17.6 Å². The van der Waals surface area contributed by atoms with E-state index in [0.29, 0.717) is 11.8 Å². The summed E-state index contributed by atoms with van der Waals surface area (Å²) in [6.45, 7) is 0. The lowest BCUT2D eigenvalue weighted by Gasteiger charge is -2.24. The fraction of sp³-hybridized carbons (Fsp3) is 0.818. The van der Waals surface area contributed by atoms with Crippen molar-refractivity contribution in [1.82, 2.24) is 10.1 Å². The highest BCUT2D eigenvalue weighted by molar-refractivity contribution is 7.89. The fourth-order valence-electron chi connectivity index (χ4n) is 2.39. The van der Waals surface area contributed by atoms with Crippen molar-refractivity contribution in [3.8, 4) is 0 Å². The van der Waals surface area contributed by atoms with Crippen molar-refractivity contribution in [3.05, 3.63) is 11.7 Å². The van der Waals surface area contributed by atoms with E-state index >= 15 is 0 Å². The van der Waals surface area contributed by atoms with Crippen LogP contribution < -0.4 is 5.73 Å². The van der Waals surface area contributed by atoms with Crippen molar-refractivity contribution in [2.45, 2.75) is 43.9 Å². The van der Waals surface area contributed by atoms with Crippen molar-refractivity contribution in [2.75, 3.05) is 6.26 Å². The van der Waals surface area contributed by atoms with Gasteiger partial charge in [-0.2, -0.15) is 4.98 Å². The van der Waals surface area contributed by atoms with E-state index < -0.39 is 9.84 Å². The van der Waals surface area contributed by atoms with Gasteiger partial charge in [-0.25, -0.2) is 8.42 Å². The van der Waals surface area contributed by atoms with Gasteiger partial charge in [-0.05, 0) is 18.8 Å². The molecule has 1 heterocycles. The van der Waals surface area contributed by atoms with Crippen LogP contribution in [0.25, 0.3) is 0 Å². The Hall–Kier alpha value is -0.950. The van der Waals surface area contributed by atoms with Gasteiger partial charge < -0.3 is 10.3 Å². The summed E-state index contributed by atoms with van der Waals surface area (Å²) in [5.41, 5.74) is 6.10. The molecule has 7 heteroatoms. The highest BCUT2D eigenvalue weighted by atomic mass is 32.2. The van der Waals surface area contributed by atoms with Crippen LogP contribution in [-0.4, -0.2) is 24.8 Å². The van der Waals surface area contributed by atoms with Crippen molar-refractivity contribution in [1.29, 1.82) is 0 Å². The quantitative estimate of drug-likeness (QED) is 0.884. The molecular formula is C11H19N3O3S. The van der Waals surface area contributed by atoms with Gasteiger partial charge in [0, 0.05) is 6.26 Å². The zero-order chi connectivity index (χ0) is 13.2. The van der Waals surface area contributed by atoms with E-state index in [1.807, 2.05) is 0 Å². The Morgan fingerprint density at radius 3 is 2.67 bits per heavy atom. The van der Waals surface area contributed by atoms with Gasteiger partial charge in [0.15, 0.2) is 15.7 Å². The Morgan fingerprint density at radius 1 is 1.39 bits per heavy atom. The Balaban J connectivity index is 2.04. The summed E-state index contributed by atoms with van der Waals surface area (Å²) in [7, 11) is -3.14. The van der Waals surface area contributed by atoms with Crippen molar-refractivity contribution in [2.24, 2.45) is 11.7 Å². The Kier molecular flexibility index (Phi) is 4.01. The van der Waals surface area contributed by atoms with Gasteiger partial charge in [-0.3, -0.25) is 0 Å². The van der Waals surface area contributed by atoms with Crippen LogP contribution in [0.4, 0.5) is 0 Å². The first-order valence-corrected chi connectivity index (χ1v) is 8.27. The normalized spacial score (nSPS) is 19.9. The monoisotopic (exact) mass is 273 g/mol. The lowest BCUT2D eigenvalue weighted by atomic mass is 9.84. The number of nitrogens with two attached hydrogens (primary N) is 1. The van der Waals surface area contributed by atoms with E-state index in [2.05, 4.69) is 10.1 Å². The molecule has 1 aromatic heterocycles. The molecular weight excluding hydrogens is 254 g/mol. The van der Waals surface area contributed by atoms with Gasteiger partial charge in [0.05, 0.1) is 6.04 Å².